The Morgan fingerprint density at radius 3 is 3.00 bits per heavy atom. The molecule has 3 aliphatic rings. The predicted octanol–water partition coefficient (Wildman–Crippen LogP) is 1.11. The normalized spacial score (nSPS) is 28.4. The average Bonchev–Trinajstić information content (AvgIpc) is 2.63. The molecule has 1 fully saturated rings. The van der Waals surface area contributed by atoms with Crippen LogP contribution in [0.15, 0.2) is 40.6 Å². The molecule has 54 valence electrons. The standard InChI is InChI=1S/C8H5NO2/c1-2-7-6(3-5-9-7)8(4-1)10-11-8/h1-5H. The van der Waals surface area contributed by atoms with Crippen LogP contribution < -0.4 is 0 Å². The highest BCUT2D eigenvalue weighted by atomic mass is 17.4. The van der Waals surface area contributed by atoms with E-state index in [1.165, 1.54) is 0 Å². The van der Waals surface area contributed by atoms with Crippen molar-refractivity contribution in [2.45, 2.75) is 5.79 Å². The molecule has 1 saturated heterocycles. The molecule has 1 aliphatic carbocycles. The SMILES string of the molecule is C1=CC2(OO2)C2=CC=NC2=C1. The van der Waals surface area contributed by atoms with E-state index in [4.69, 9.17) is 9.78 Å². The average molecular weight is 147 g/mol. The second kappa shape index (κ2) is 1.52. The van der Waals surface area contributed by atoms with Gasteiger partial charge in [-0.1, -0.05) is 6.08 Å². The molecule has 0 radical (unpaired) electrons. The van der Waals surface area contributed by atoms with Crippen LogP contribution in [0, 0.1) is 0 Å². The zero-order valence-electron chi connectivity index (χ0n) is 5.65. The molecule has 0 bridgehead atoms. The van der Waals surface area contributed by atoms with E-state index in [2.05, 4.69) is 4.99 Å². The number of allylic oxidation sites excluding steroid dienone is 3. The second-order valence-electron chi connectivity index (χ2n) is 2.60. The fraction of sp³-hybridized carbons (Fsp3) is 0.125. The summed E-state index contributed by atoms with van der Waals surface area (Å²) in [6, 6.07) is 0. The van der Waals surface area contributed by atoms with E-state index in [9.17, 15) is 0 Å². The van der Waals surface area contributed by atoms with Crippen molar-refractivity contribution in [2.75, 3.05) is 0 Å². The fourth-order valence-corrected chi connectivity index (χ4v) is 1.32. The Kier molecular flexibility index (Phi) is 0.754. The van der Waals surface area contributed by atoms with Gasteiger partial charge in [0.15, 0.2) is 0 Å². The van der Waals surface area contributed by atoms with E-state index in [-0.39, 0.29) is 0 Å². The third-order valence-electron chi connectivity index (χ3n) is 1.94. The van der Waals surface area contributed by atoms with Crippen molar-refractivity contribution >= 4 is 6.21 Å². The molecule has 0 aromatic heterocycles. The van der Waals surface area contributed by atoms with Crippen molar-refractivity contribution in [1.82, 2.24) is 0 Å². The van der Waals surface area contributed by atoms with Gasteiger partial charge >= 0.3 is 0 Å². The zero-order valence-corrected chi connectivity index (χ0v) is 5.65. The molecule has 2 heterocycles. The summed E-state index contributed by atoms with van der Waals surface area (Å²) in [5.41, 5.74) is 1.94. The highest BCUT2D eigenvalue weighted by molar-refractivity contribution is 5.81. The van der Waals surface area contributed by atoms with Crippen LogP contribution in [0.2, 0.25) is 0 Å². The molecular formula is C8H5NO2. The highest BCUT2D eigenvalue weighted by Crippen LogP contribution is 2.45. The largest absolute Gasteiger partial charge is 0.280 e. The van der Waals surface area contributed by atoms with E-state index < -0.39 is 5.79 Å². The number of fused-ring (bicyclic) bond motifs is 2. The van der Waals surface area contributed by atoms with Crippen LogP contribution in [-0.2, 0) is 9.78 Å². The van der Waals surface area contributed by atoms with Crippen LogP contribution in [0.1, 0.15) is 0 Å². The van der Waals surface area contributed by atoms with Crippen LogP contribution >= 0.6 is 0 Å². The molecular weight excluding hydrogens is 142 g/mol. The maximum atomic E-state index is 4.87. The summed E-state index contributed by atoms with van der Waals surface area (Å²) in [4.78, 5) is 13.9. The lowest BCUT2D eigenvalue weighted by atomic mass is 10.0. The second-order valence-corrected chi connectivity index (χ2v) is 2.60. The first-order valence-corrected chi connectivity index (χ1v) is 3.42. The lowest BCUT2D eigenvalue weighted by molar-refractivity contribution is 0.0850. The van der Waals surface area contributed by atoms with Gasteiger partial charge in [-0.05, 0) is 18.2 Å². The van der Waals surface area contributed by atoms with Crippen molar-refractivity contribution in [2.24, 2.45) is 4.99 Å². The van der Waals surface area contributed by atoms with Crippen LogP contribution in [0.25, 0.3) is 0 Å². The first-order valence-electron chi connectivity index (χ1n) is 3.42. The van der Waals surface area contributed by atoms with Gasteiger partial charge in [-0.15, -0.1) is 0 Å². The highest BCUT2D eigenvalue weighted by Gasteiger charge is 2.53. The summed E-state index contributed by atoms with van der Waals surface area (Å²) in [5, 5.41) is 0. The molecule has 11 heavy (non-hydrogen) atoms. The van der Waals surface area contributed by atoms with Gasteiger partial charge in [-0.3, -0.25) is 4.99 Å². The number of hydrogen-bond donors (Lipinski definition) is 0. The van der Waals surface area contributed by atoms with Gasteiger partial charge in [0.1, 0.15) is 0 Å². The molecule has 0 saturated carbocycles. The predicted molar refractivity (Wildman–Crippen MR) is 38.7 cm³/mol. The Hall–Kier alpha value is -1.19. The Labute approximate surface area is 63.3 Å². The smallest absolute Gasteiger partial charge is 0.256 e. The van der Waals surface area contributed by atoms with Gasteiger partial charge in [0, 0.05) is 11.8 Å². The van der Waals surface area contributed by atoms with E-state index in [0.29, 0.717) is 0 Å². The molecule has 1 spiro atoms. The van der Waals surface area contributed by atoms with Gasteiger partial charge in [0.2, 0.25) is 0 Å². The van der Waals surface area contributed by atoms with E-state index in [0.717, 1.165) is 11.3 Å². The fourth-order valence-electron chi connectivity index (χ4n) is 1.32. The lowest BCUT2D eigenvalue weighted by Gasteiger charge is -2.07. The molecule has 0 aromatic rings. The maximum Gasteiger partial charge on any atom is 0.280 e. The van der Waals surface area contributed by atoms with Crippen LogP contribution in [0.3, 0.4) is 0 Å². The Bertz CT molecular complexity index is 332. The van der Waals surface area contributed by atoms with Crippen LogP contribution in [0.4, 0.5) is 0 Å². The zero-order chi connectivity index (χ0) is 7.31. The minimum Gasteiger partial charge on any atom is -0.256 e. The maximum absolute atomic E-state index is 4.87. The third kappa shape index (κ3) is 0.568. The first kappa shape index (κ1) is 5.46. The topological polar surface area (TPSA) is 37.4 Å². The van der Waals surface area contributed by atoms with Gasteiger partial charge in [-0.25, -0.2) is 0 Å². The van der Waals surface area contributed by atoms with E-state index in [1.807, 2.05) is 24.3 Å². The van der Waals surface area contributed by atoms with Crippen molar-refractivity contribution in [3.63, 3.8) is 0 Å². The van der Waals surface area contributed by atoms with E-state index in [1.54, 1.807) is 6.21 Å². The number of aliphatic imine (C=N–C) groups is 1. The van der Waals surface area contributed by atoms with Crippen LogP contribution in [-0.4, -0.2) is 12.0 Å². The summed E-state index contributed by atoms with van der Waals surface area (Å²) in [7, 11) is 0. The molecule has 3 nitrogen and oxygen atoms in total. The van der Waals surface area contributed by atoms with Crippen molar-refractivity contribution in [3.8, 4) is 0 Å². The molecule has 0 unspecified atom stereocenters. The summed E-state index contributed by atoms with van der Waals surface area (Å²) in [5.74, 6) is -0.583. The molecule has 3 rings (SSSR count). The minimum atomic E-state index is -0.583. The summed E-state index contributed by atoms with van der Waals surface area (Å²) >= 11 is 0. The monoisotopic (exact) mass is 147 g/mol. The summed E-state index contributed by atoms with van der Waals surface area (Å²) < 4.78 is 0. The molecule has 2 aliphatic heterocycles. The molecule has 0 aromatic carbocycles. The van der Waals surface area contributed by atoms with Crippen molar-refractivity contribution in [1.29, 1.82) is 0 Å². The van der Waals surface area contributed by atoms with Gasteiger partial charge in [-0.2, -0.15) is 9.78 Å². The summed E-state index contributed by atoms with van der Waals surface area (Å²) in [6.07, 6.45) is 9.36. The van der Waals surface area contributed by atoms with Gasteiger partial charge in [0.25, 0.3) is 5.79 Å². The van der Waals surface area contributed by atoms with Crippen LogP contribution in [0.5, 0.6) is 0 Å². The van der Waals surface area contributed by atoms with Gasteiger partial charge < -0.3 is 0 Å². The Morgan fingerprint density at radius 2 is 2.18 bits per heavy atom. The van der Waals surface area contributed by atoms with Crippen molar-refractivity contribution < 1.29 is 9.78 Å². The Morgan fingerprint density at radius 1 is 1.27 bits per heavy atom. The number of rotatable bonds is 0. The van der Waals surface area contributed by atoms with Gasteiger partial charge in [0.05, 0.1) is 5.70 Å². The lowest BCUT2D eigenvalue weighted by Crippen LogP contribution is -2.12. The third-order valence-corrected chi connectivity index (χ3v) is 1.94. The molecule has 0 atom stereocenters. The van der Waals surface area contributed by atoms with E-state index >= 15 is 0 Å². The molecule has 0 N–H and O–H groups in total. The first-order chi connectivity index (χ1) is 5.41. The Balaban J connectivity index is 2.17. The molecule has 0 amide bonds. The summed E-state index contributed by atoms with van der Waals surface area (Å²) in [6.45, 7) is 0. The quantitative estimate of drug-likeness (QED) is 0.380. The van der Waals surface area contributed by atoms with Crippen molar-refractivity contribution in [3.05, 3.63) is 35.6 Å². The number of hydrogen-bond acceptors (Lipinski definition) is 3. The minimum absolute atomic E-state index is 0.583. The number of nitrogens with zero attached hydrogens (tertiary/aromatic N) is 1. The molecule has 3 heteroatoms.